The van der Waals surface area contributed by atoms with Crippen molar-refractivity contribution in [3.8, 4) is 0 Å². The Morgan fingerprint density at radius 3 is 2.93 bits per heavy atom. The number of hydrogen-bond acceptors (Lipinski definition) is 3. The maximum atomic E-state index is 9.64. The third kappa shape index (κ3) is 3.89. The topological polar surface area (TPSA) is 50.1 Å². The molecule has 0 bridgehead atoms. The van der Waals surface area contributed by atoms with Crippen LogP contribution < -0.4 is 5.32 Å². The molecule has 2 unspecified atom stereocenters. The molecule has 1 aromatic heterocycles. The van der Waals surface area contributed by atoms with Crippen molar-refractivity contribution in [2.75, 3.05) is 6.54 Å². The van der Waals surface area contributed by atoms with Gasteiger partial charge in [0.1, 0.15) is 0 Å². The second-order valence-corrected chi connectivity index (χ2v) is 3.60. The fourth-order valence-electron chi connectivity index (χ4n) is 1.17. The SMILES string of the molecule is CCC(C)NCC(O)Cn1cccn1. The zero-order valence-corrected chi connectivity index (χ0v) is 8.85. The van der Waals surface area contributed by atoms with Crippen LogP contribution in [-0.2, 0) is 6.54 Å². The molecule has 0 saturated carbocycles. The Kier molecular flexibility index (Phi) is 4.62. The third-order valence-electron chi connectivity index (χ3n) is 2.27. The zero-order chi connectivity index (χ0) is 10.4. The van der Waals surface area contributed by atoms with E-state index in [9.17, 15) is 5.11 Å². The summed E-state index contributed by atoms with van der Waals surface area (Å²) in [5.41, 5.74) is 0. The lowest BCUT2D eigenvalue weighted by molar-refractivity contribution is 0.143. The summed E-state index contributed by atoms with van der Waals surface area (Å²) >= 11 is 0. The van der Waals surface area contributed by atoms with E-state index < -0.39 is 0 Å². The molecular weight excluding hydrogens is 178 g/mol. The highest BCUT2D eigenvalue weighted by atomic mass is 16.3. The molecule has 1 heterocycles. The Morgan fingerprint density at radius 1 is 1.57 bits per heavy atom. The Morgan fingerprint density at radius 2 is 2.36 bits per heavy atom. The predicted octanol–water partition coefficient (Wildman–Crippen LogP) is 0.632. The normalized spacial score (nSPS) is 15.4. The molecular formula is C10H19N3O. The summed E-state index contributed by atoms with van der Waals surface area (Å²) in [6.45, 7) is 5.41. The molecule has 0 aliphatic carbocycles. The number of hydrogen-bond donors (Lipinski definition) is 2. The van der Waals surface area contributed by atoms with Crippen molar-refractivity contribution in [3.63, 3.8) is 0 Å². The Hall–Kier alpha value is -0.870. The van der Waals surface area contributed by atoms with Gasteiger partial charge >= 0.3 is 0 Å². The van der Waals surface area contributed by atoms with Gasteiger partial charge in [-0.2, -0.15) is 5.10 Å². The van der Waals surface area contributed by atoms with Gasteiger partial charge in [0.05, 0.1) is 12.6 Å². The molecule has 1 rings (SSSR count). The van der Waals surface area contributed by atoms with Crippen molar-refractivity contribution < 1.29 is 5.11 Å². The summed E-state index contributed by atoms with van der Waals surface area (Å²) in [5, 5.41) is 16.9. The lowest BCUT2D eigenvalue weighted by Gasteiger charge is -2.15. The molecule has 0 amide bonds. The van der Waals surface area contributed by atoms with Crippen LogP contribution in [0.3, 0.4) is 0 Å². The highest BCUT2D eigenvalue weighted by molar-refractivity contribution is 4.78. The van der Waals surface area contributed by atoms with Crippen LogP contribution in [0.1, 0.15) is 20.3 Å². The van der Waals surface area contributed by atoms with E-state index in [0.29, 0.717) is 19.1 Å². The van der Waals surface area contributed by atoms with Crippen LogP contribution >= 0.6 is 0 Å². The molecule has 0 saturated heterocycles. The summed E-state index contributed by atoms with van der Waals surface area (Å²) in [4.78, 5) is 0. The molecule has 1 aromatic rings. The fourth-order valence-corrected chi connectivity index (χ4v) is 1.17. The molecule has 80 valence electrons. The van der Waals surface area contributed by atoms with E-state index in [4.69, 9.17) is 0 Å². The number of aliphatic hydroxyl groups is 1. The van der Waals surface area contributed by atoms with E-state index in [1.807, 2.05) is 12.3 Å². The molecule has 0 radical (unpaired) electrons. The highest BCUT2D eigenvalue weighted by Gasteiger charge is 2.06. The Balaban J connectivity index is 2.19. The summed E-state index contributed by atoms with van der Waals surface area (Å²) in [6, 6.07) is 2.32. The standard InChI is InChI=1S/C10H19N3O/c1-3-9(2)11-7-10(14)8-13-6-4-5-12-13/h4-6,9-11,14H,3,7-8H2,1-2H3. The molecule has 14 heavy (non-hydrogen) atoms. The first-order valence-electron chi connectivity index (χ1n) is 5.11. The van der Waals surface area contributed by atoms with E-state index in [1.165, 1.54) is 0 Å². The molecule has 0 aromatic carbocycles. The minimum absolute atomic E-state index is 0.371. The van der Waals surface area contributed by atoms with Gasteiger partial charge in [-0.3, -0.25) is 4.68 Å². The molecule has 2 atom stereocenters. The van der Waals surface area contributed by atoms with Crippen LogP contribution in [0.15, 0.2) is 18.5 Å². The average Bonchev–Trinajstić information content (AvgIpc) is 2.66. The second kappa shape index (κ2) is 5.78. The van der Waals surface area contributed by atoms with E-state index in [-0.39, 0.29) is 6.10 Å². The number of nitrogens with zero attached hydrogens (tertiary/aromatic N) is 2. The van der Waals surface area contributed by atoms with Gasteiger partial charge in [-0.05, 0) is 19.4 Å². The van der Waals surface area contributed by atoms with Crippen LogP contribution in [0.25, 0.3) is 0 Å². The molecule has 4 heteroatoms. The number of aliphatic hydroxyl groups excluding tert-OH is 1. The first-order chi connectivity index (χ1) is 6.72. The summed E-state index contributed by atoms with van der Waals surface area (Å²) in [7, 11) is 0. The molecule has 0 aliphatic rings. The van der Waals surface area contributed by atoms with Gasteiger partial charge in [0, 0.05) is 25.0 Å². The number of nitrogens with one attached hydrogen (secondary N) is 1. The molecule has 0 fully saturated rings. The van der Waals surface area contributed by atoms with Crippen LogP contribution in [-0.4, -0.2) is 33.6 Å². The average molecular weight is 197 g/mol. The third-order valence-corrected chi connectivity index (χ3v) is 2.27. The van der Waals surface area contributed by atoms with Crippen LogP contribution in [0, 0.1) is 0 Å². The summed E-state index contributed by atoms with van der Waals surface area (Å²) in [5.74, 6) is 0. The van der Waals surface area contributed by atoms with Crippen molar-refractivity contribution >= 4 is 0 Å². The monoisotopic (exact) mass is 197 g/mol. The van der Waals surface area contributed by atoms with Crippen molar-refractivity contribution in [2.45, 2.75) is 39.0 Å². The van der Waals surface area contributed by atoms with E-state index in [1.54, 1.807) is 10.9 Å². The molecule has 4 nitrogen and oxygen atoms in total. The van der Waals surface area contributed by atoms with Crippen molar-refractivity contribution in [1.29, 1.82) is 0 Å². The predicted molar refractivity (Wildman–Crippen MR) is 56.0 cm³/mol. The summed E-state index contributed by atoms with van der Waals surface area (Å²) < 4.78 is 1.74. The smallest absolute Gasteiger partial charge is 0.0860 e. The van der Waals surface area contributed by atoms with Crippen molar-refractivity contribution in [3.05, 3.63) is 18.5 Å². The van der Waals surface area contributed by atoms with Crippen LogP contribution in [0.5, 0.6) is 0 Å². The fraction of sp³-hybridized carbons (Fsp3) is 0.700. The minimum atomic E-state index is -0.371. The van der Waals surface area contributed by atoms with Gasteiger partial charge < -0.3 is 10.4 Å². The van der Waals surface area contributed by atoms with Crippen LogP contribution in [0.4, 0.5) is 0 Å². The van der Waals surface area contributed by atoms with E-state index in [0.717, 1.165) is 6.42 Å². The first-order valence-corrected chi connectivity index (χ1v) is 5.11. The molecule has 0 spiro atoms. The lowest BCUT2D eigenvalue weighted by atomic mass is 10.2. The first kappa shape index (κ1) is 11.2. The lowest BCUT2D eigenvalue weighted by Crippen LogP contribution is -2.35. The van der Waals surface area contributed by atoms with Gasteiger partial charge in [0.25, 0.3) is 0 Å². The van der Waals surface area contributed by atoms with Gasteiger partial charge in [-0.15, -0.1) is 0 Å². The maximum Gasteiger partial charge on any atom is 0.0860 e. The van der Waals surface area contributed by atoms with Gasteiger partial charge in [-0.25, -0.2) is 0 Å². The van der Waals surface area contributed by atoms with Crippen molar-refractivity contribution in [1.82, 2.24) is 15.1 Å². The van der Waals surface area contributed by atoms with Gasteiger partial charge in [-0.1, -0.05) is 6.92 Å². The van der Waals surface area contributed by atoms with Crippen molar-refractivity contribution in [2.24, 2.45) is 0 Å². The quantitative estimate of drug-likeness (QED) is 0.703. The Labute approximate surface area is 84.9 Å². The molecule has 2 N–H and O–H groups in total. The number of rotatable bonds is 6. The van der Waals surface area contributed by atoms with Crippen LogP contribution in [0.2, 0.25) is 0 Å². The summed E-state index contributed by atoms with van der Waals surface area (Å²) in [6.07, 6.45) is 4.28. The van der Waals surface area contributed by atoms with Gasteiger partial charge in [0.15, 0.2) is 0 Å². The minimum Gasteiger partial charge on any atom is -0.390 e. The zero-order valence-electron chi connectivity index (χ0n) is 8.85. The second-order valence-electron chi connectivity index (χ2n) is 3.60. The number of aromatic nitrogens is 2. The van der Waals surface area contributed by atoms with E-state index >= 15 is 0 Å². The highest BCUT2D eigenvalue weighted by Crippen LogP contribution is 1.92. The Bertz CT molecular complexity index is 236. The largest absolute Gasteiger partial charge is 0.390 e. The maximum absolute atomic E-state index is 9.64. The van der Waals surface area contributed by atoms with E-state index in [2.05, 4.69) is 24.3 Å². The van der Waals surface area contributed by atoms with Gasteiger partial charge in [0.2, 0.25) is 0 Å². The molecule has 0 aliphatic heterocycles.